The molecular formula is C38H40F3N11O3. The molecule has 0 saturated heterocycles. The number of carbonyl (C=O) groups excluding carboxylic acids is 1. The van der Waals surface area contributed by atoms with Gasteiger partial charge in [0.15, 0.2) is 11.6 Å². The zero-order valence-corrected chi connectivity index (χ0v) is 29.3. The molecule has 0 spiro atoms. The highest BCUT2D eigenvalue weighted by molar-refractivity contribution is 5.90. The van der Waals surface area contributed by atoms with Crippen LogP contribution in [0.2, 0.25) is 0 Å². The van der Waals surface area contributed by atoms with Crippen molar-refractivity contribution in [3.8, 4) is 22.8 Å². The van der Waals surface area contributed by atoms with E-state index < -0.39 is 17.7 Å². The summed E-state index contributed by atoms with van der Waals surface area (Å²) in [5.74, 6) is -0.235. The van der Waals surface area contributed by atoms with Crippen molar-refractivity contribution in [3.63, 3.8) is 0 Å². The second-order valence-corrected chi connectivity index (χ2v) is 11.4. The van der Waals surface area contributed by atoms with Gasteiger partial charge in [0, 0.05) is 54.6 Å². The fourth-order valence-corrected chi connectivity index (χ4v) is 4.54. The molecule has 6 rings (SSSR count). The molecule has 0 aliphatic carbocycles. The van der Waals surface area contributed by atoms with Crippen LogP contribution in [0.4, 0.5) is 19.0 Å². The van der Waals surface area contributed by atoms with Gasteiger partial charge in [0.25, 0.3) is 5.91 Å². The van der Waals surface area contributed by atoms with Gasteiger partial charge < -0.3 is 10.8 Å². The van der Waals surface area contributed by atoms with Crippen molar-refractivity contribution in [2.75, 3.05) is 5.43 Å². The number of benzene rings is 2. The van der Waals surface area contributed by atoms with Crippen molar-refractivity contribution in [2.45, 2.75) is 40.9 Å². The lowest BCUT2D eigenvalue weighted by molar-refractivity contribution is -0.137. The van der Waals surface area contributed by atoms with Crippen molar-refractivity contribution < 1.29 is 27.9 Å². The van der Waals surface area contributed by atoms with E-state index in [1.54, 1.807) is 37.8 Å². The number of pyridine rings is 2. The second kappa shape index (κ2) is 20.3. The number of aryl methyl sites for hydroxylation is 3. The highest BCUT2D eigenvalue weighted by Gasteiger charge is 2.31. The molecule has 14 nitrogen and oxygen atoms in total. The van der Waals surface area contributed by atoms with E-state index in [1.807, 2.05) is 50.2 Å². The van der Waals surface area contributed by atoms with Crippen molar-refractivity contribution in [3.05, 3.63) is 138 Å². The summed E-state index contributed by atoms with van der Waals surface area (Å²) in [7, 11) is 0. The largest absolute Gasteiger partial charge is 0.478 e. The van der Waals surface area contributed by atoms with Gasteiger partial charge in [0.2, 0.25) is 0 Å². The molecular weight excluding hydrogens is 715 g/mol. The average molecular weight is 756 g/mol. The van der Waals surface area contributed by atoms with E-state index in [9.17, 15) is 22.8 Å². The van der Waals surface area contributed by atoms with Gasteiger partial charge >= 0.3 is 12.1 Å². The molecule has 6 aromatic rings. The molecule has 4 heterocycles. The minimum absolute atomic E-state index is 0. The molecule has 0 saturated carbocycles. The molecule has 17 heteroatoms. The normalized spacial score (nSPS) is 10.8. The van der Waals surface area contributed by atoms with Gasteiger partial charge in [-0.3, -0.25) is 20.6 Å². The Morgan fingerprint density at radius 1 is 0.764 bits per heavy atom. The topological polar surface area (TPSA) is 192 Å². The van der Waals surface area contributed by atoms with E-state index in [2.05, 4.69) is 47.1 Å². The van der Waals surface area contributed by atoms with Gasteiger partial charge in [0.05, 0.1) is 11.3 Å². The maximum Gasteiger partial charge on any atom is 0.416 e. The number of nitrogens with two attached hydrogens (primary N) is 1. The van der Waals surface area contributed by atoms with Crippen molar-refractivity contribution in [2.24, 2.45) is 5.73 Å². The predicted molar refractivity (Wildman–Crippen MR) is 203 cm³/mol. The number of hydrogen-bond donors (Lipinski definition) is 4. The summed E-state index contributed by atoms with van der Waals surface area (Å²) in [6, 6.07) is 20.7. The van der Waals surface area contributed by atoms with E-state index in [0.717, 1.165) is 51.5 Å². The molecule has 286 valence electrons. The maximum absolute atomic E-state index is 12.8. The van der Waals surface area contributed by atoms with Crippen LogP contribution in [0.1, 0.15) is 35.4 Å². The number of aromatic nitrogens is 8. The lowest BCUT2D eigenvalue weighted by atomic mass is 10.1. The molecule has 2 aromatic carbocycles. The van der Waals surface area contributed by atoms with Gasteiger partial charge in [-0.15, -0.1) is 10.2 Å². The van der Waals surface area contributed by atoms with Gasteiger partial charge in [0.1, 0.15) is 18.5 Å². The number of rotatable bonds is 9. The minimum Gasteiger partial charge on any atom is -0.478 e. The van der Waals surface area contributed by atoms with Crippen LogP contribution < -0.4 is 16.6 Å². The molecule has 0 radical (unpaired) electrons. The highest BCUT2D eigenvalue weighted by atomic mass is 19.4. The quantitative estimate of drug-likeness (QED) is 0.0921. The first-order valence-corrected chi connectivity index (χ1v) is 16.1. The van der Waals surface area contributed by atoms with Gasteiger partial charge in [-0.05, 0) is 80.9 Å². The third kappa shape index (κ3) is 14.1. The lowest BCUT2D eigenvalue weighted by Crippen LogP contribution is -2.28. The summed E-state index contributed by atoms with van der Waals surface area (Å²) in [5.41, 5.74) is 14.6. The van der Waals surface area contributed by atoms with Crippen LogP contribution in [0.5, 0.6) is 0 Å². The highest BCUT2D eigenvalue weighted by Crippen LogP contribution is 2.32. The number of nitrogens with zero attached hydrogens (tertiary/aromatic N) is 8. The zero-order chi connectivity index (χ0) is 39.1. The van der Waals surface area contributed by atoms with Crippen molar-refractivity contribution in [1.29, 1.82) is 0 Å². The molecule has 55 heavy (non-hydrogen) atoms. The Balaban J connectivity index is 0.000000245. The van der Waals surface area contributed by atoms with Crippen LogP contribution in [0, 0.1) is 20.8 Å². The molecule has 0 aliphatic heterocycles. The molecule has 5 N–H and O–H groups in total. The Morgan fingerprint density at radius 2 is 1.31 bits per heavy atom. The molecule has 0 unspecified atom stereocenters. The standard InChI is InChI=1S/C18H18N6O.C13H10F3N3O2.C6H8N2.CH4/c1-13-9-14(2)11-15(10-13)18-20-12-24(23-18)8-6-17(25)22-21-16-5-3-4-7-19-16;1-8-4-9(6-10(5-8)13(14,15)16)12-17-7-19(18-12)3-2-11(20)21;7-5-6-3-1-2-4-8-6;/h3-12H,1-2H3,(H,19,21)(H,22,25);2-7H,1H3,(H,20,21);1-4H,5,7H2;1H4/b8-6-;3-2-;;. The first-order chi connectivity index (χ1) is 25.8. The lowest BCUT2D eigenvalue weighted by Gasteiger charge is -2.09. The number of alkyl halides is 3. The van der Waals surface area contributed by atoms with E-state index in [0.29, 0.717) is 23.8 Å². The number of carboxylic acids is 1. The number of hydrogen-bond acceptors (Lipinski definition) is 10. The summed E-state index contributed by atoms with van der Waals surface area (Å²) < 4.78 is 40.9. The molecule has 0 aliphatic rings. The Morgan fingerprint density at radius 3 is 1.80 bits per heavy atom. The Labute approximate surface area is 315 Å². The van der Waals surface area contributed by atoms with E-state index in [1.165, 1.54) is 29.4 Å². The summed E-state index contributed by atoms with van der Waals surface area (Å²) in [6.45, 7) is 6.14. The SMILES string of the molecule is C.Cc1cc(-c2ncn(/C=C\C(=O)O)n2)cc(C(F)(F)F)c1.Cc1cc(C)cc(-c2ncn(/C=C\C(=O)NNc3ccccn3)n2)c1.NCc1ccccn1. The van der Waals surface area contributed by atoms with Crippen LogP contribution in [0.15, 0.2) is 110 Å². The fourth-order valence-electron chi connectivity index (χ4n) is 4.54. The van der Waals surface area contributed by atoms with Gasteiger partial charge in [-0.25, -0.2) is 29.1 Å². The predicted octanol–water partition coefficient (Wildman–Crippen LogP) is 6.57. The number of amides is 1. The smallest absolute Gasteiger partial charge is 0.416 e. The summed E-state index contributed by atoms with van der Waals surface area (Å²) >= 11 is 0. The minimum atomic E-state index is -4.45. The number of anilines is 1. The second-order valence-electron chi connectivity index (χ2n) is 11.4. The number of hydrazine groups is 1. The number of halogens is 3. The van der Waals surface area contributed by atoms with E-state index in [-0.39, 0.29) is 24.7 Å². The Bertz CT molecular complexity index is 2180. The molecule has 0 atom stereocenters. The number of aliphatic carboxylic acids is 1. The van der Waals surface area contributed by atoms with Crippen molar-refractivity contribution >= 4 is 30.1 Å². The van der Waals surface area contributed by atoms with E-state index in [4.69, 9.17) is 10.8 Å². The molecule has 0 bridgehead atoms. The molecule has 4 aromatic heterocycles. The van der Waals surface area contributed by atoms with Gasteiger partial charge in [-0.1, -0.05) is 36.8 Å². The number of nitrogens with one attached hydrogen (secondary N) is 2. The van der Waals surface area contributed by atoms with Crippen LogP contribution in [0.3, 0.4) is 0 Å². The van der Waals surface area contributed by atoms with Crippen LogP contribution in [0.25, 0.3) is 35.2 Å². The first kappa shape index (κ1) is 42.4. The van der Waals surface area contributed by atoms with Crippen LogP contribution in [-0.2, 0) is 22.3 Å². The van der Waals surface area contributed by atoms with Crippen molar-refractivity contribution in [1.82, 2.24) is 44.9 Å². The van der Waals surface area contributed by atoms with Crippen LogP contribution in [-0.4, -0.2) is 56.5 Å². The van der Waals surface area contributed by atoms with Gasteiger partial charge in [-0.2, -0.15) is 13.2 Å². The molecule has 1 amide bonds. The third-order valence-corrected chi connectivity index (χ3v) is 6.82. The number of carbonyl (C=O) groups is 2. The summed E-state index contributed by atoms with van der Waals surface area (Å²) in [4.78, 5) is 38.3. The molecule has 0 fully saturated rings. The Kier molecular flexibility index (Phi) is 15.6. The third-order valence-electron chi connectivity index (χ3n) is 6.82. The fraction of sp³-hybridized carbons (Fsp3) is 0.158. The van der Waals surface area contributed by atoms with E-state index >= 15 is 0 Å². The summed E-state index contributed by atoms with van der Waals surface area (Å²) in [5, 5.41) is 16.8. The Hall–Kier alpha value is -7.01. The zero-order valence-electron chi connectivity index (χ0n) is 29.3. The summed E-state index contributed by atoms with van der Waals surface area (Å²) in [6.07, 6.45) is 6.57. The number of carboxylic acid groups (broad SMARTS) is 1. The maximum atomic E-state index is 12.8. The average Bonchev–Trinajstić information content (AvgIpc) is 3.83. The van der Waals surface area contributed by atoms with Crippen LogP contribution >= 0.6 is 0 Å². The monoisotopic (exact) mass is 755 g/mol. The first-order valence-electron chi connectivity index (χ1n) is 16.1.